The predicted octanol–water partition coefficient (Wildman–Crippen LogP) is 3.46. The molecule has 0 fully saturated rings. The van der Waals surface area contributed by atoms with Gasteiger partial charge in [0.15, 0.2) is 0 Å². The van der Waals surface area contributed by atoms with Crippen LogP contribution in [0.3, 0.4) is 0 Å². The largest absolute Gasteiger partial charge is 0.0836 e. The molecule has 0 saturated heterocycles. The van der Waals surface area contributed by atoms with Crippen molar-refractivity contribution in [3.63, 3.8) is 0 Å². The Morgan fingerprint density at radius 2 is 1.58 bits per heavy atom. The molecular formula is C12H15. The molecule has 0 aromatic heterocycles. The molecule has 1 radical (unpaired) electrons. The van der Waals surface area contributed by atoms with Crippen molar-refractivity contribution in [3.05, 3.63) is 47.4 Å². The van der Waals surface area contributed by atoms with E-state index < -0.39 is 0 Å². The Balaban J connectivity index is 3.28. The number of benzene rings is 1. The third-order valence-corrected chi connectivity index (χ3v) is 2.02. The minimum absolute atomic E-state index is 1.30. The quantitative estimate of drug-likeness (QED) is 0.588. The van der Waals surface area contributed by atoms with Crippen LogP contribution in [0.25, 0.3) is 6.08 Å². The second-order valence-electron chi connectivity index (χ2n) is 3.21. The van der Waals surface area contributed by atoms with Gasteiger partial charge >= 0.3 is 0 Å². The maximum atomic E-state index is 3.71. The van der Waals surface area contributed by atoms with Gasteiger partial charge in [0.25, 0.3) is 0 Å². The molecule has 0 atom stereocenters. The van der Waals surface area contributed by atoms with Gasteiger partial charge in [-0.25, -0.2) is 0 Å². The fourth-order valence-corrected chi connectivity index (χ4v) is 1.57. The summed E-state index contributed by atoms with van der Waals surface area (Å²) < 4.78 is 0. The maximum Gasteiger partial charge on any atom is -0.0201 e. The summed E-state index contributed by atoms with van der Waals surface area (Å²) in [6.07, 6.45) is 3.90. The Bertz CT molecular complexity index is 283. The zero-order valence-electron chi connectivity index (χ0n) is 8.02. The first-order valence-electron chi connectivity index (χ1n) is 4.18. The molecule has 0 bridgehead atoms. The van der Waals surface area contributed by atoms with Gasteiger partial charge in [-0.3, -0.25) is 0 Å². The maximum absolute atomic E-state index is 3.71. The predicted molar refractivity (Wildman–Crippen MR) is 55.0 cm³/mol. The fourth-order valence-electron chi connectivity index (χ4n) is 1.57. The summed E-state index contributed by atoms with van der Waals surface area (Å²) in [5.41, 5.74) is 5.28. The van der Waals surface area contributed by atoms with Crippen molar-refractivity contribution in [2.75, 3.05) is 0 Å². The van der Waals surface area contributed by atoms with Crippen LogP contribution in [-0.4, -0.2) is 0 Å². The third kappa shape index (κ3) is 1.76. The van der Waals surface area contributed by atoms with Crippen molar-refractivity contribution in [1.29, 1.82) is 0 Å². The van der Waals surface area contributed by atoms with Crippen LogP contribution in [0, 0.1) is 27.7 Å². The Labute approximate surface area is 74.9 Å². The monoisotopic (exact) mass is 159 g/mol. The molecule has 1 rings (SSSR count). The Morgan fingerprint density at radius 3 is 2.00 bits per heavy atom. The smallest absolute Gasteiger partial charge is 0.0201 e. The van der Waals surface area contributed by atoms with Crippen LogP contribution in [0.1, 0.15) is 22.3 Å². The molecule has 12 heavy (non-hydrogen) atoms. The Hall–Kier alpha value is -1.04. The molecule has 1 aromatic carbocycles. The van der Waals surface area contributed by atoms with Crippen LogP contribution < -0.4 is 0 Å². The van der Waals surface area contributed by atoms with Gasteiger partial charge in [0.1, 0.15) is 0 Å². The highest BCUT2D eigenvalue weighted by Crippen LogP contribution is 2.17. The van der Waals surface area contributed by atoms with Crippen molar-refractivity contribution in [2.45, 2.75) is 20.8 Å². The highest BCUT2D eigenvalue weighted by molar-refractivity contribution is 5.58. The van der Waals surface area contributed by atoms with E-state index in [2.05, 4.69) is 45.9 Å². The summed E-state index contributed by atoms with van der Waals surface area (Å²) in [4.78, 5) is 0. The molecule has 0 nitrogen and oxygen atoms in total. The highest BCUT2D eigenvalue weighted by atomic mass is 14.0. The number of allylic oxidation sites excluding steroid dienone is 1. The summed E-state index contributed by atoms with van der Waals surface area (Å²) in [7, 11) is 0. The number of aryl methyl sites for hydroxylation is 3. The number of hydrogen-bond donors (Lipinski definition) is 0. The molecule has 0 aliphatic heterocycles. The normalized spacial score (nSPS) is 11.0. The minimum atomic E-state index is 1.30. The van der Waals surface area contributed by atoms with E-state index in [0.29, 0.717) is 0 Å². The van der Waals surface area contributed by atoms with Crippen molar-refractivity contribution in [3.8, 4) is 0 Å². The van der Waals surface area contributed by atoms with Crippen LogP contribution in [-0.2, 0) is 0 Å². The third-order valence-electron chi connectivity index (χ3n) is 2.02. The van der Waals surface area contributed by atoms with Gasteiger partial charge in [-0.05, 0) is 44.4 Å². The van der Waals surface area contributed by atoms with E-state index >= 15 is 0 Å². The van der Waals surface area contributed by atoms with Gasteiger partial charge < -0.3 is 0 Å². The molecule has 0 saturated carbocycles. The van der Waals surface area contributed by atoms with Gasteiger partial charge in [0.2, 0.25) is 0 Å². The molecule has 0 aliphatic rings. The Morgan fingerprint density at radius 1 is 1.08 bits per heavy atom. The second-order valence-corrected chi connectivity index (χ2v) is 3.21. The van der Waals surface area contributed by atoms with Crippen LogP contribution in [0.15, 0.2) is 18.2 Å². The summed E-state index contributed by atoms with van der Waals surface area (Å²) in [6.45, 7) is 10.1. The van der Waals surface area contributed by atoms with Gasteiger partial charge in [-0.2, -0.15) is 0 Å². The summed E-state index contributed by atoms with van der Waals surface area (Å²) >= 11 is 0. The standard InChI is InChI=1S/C12H15/c1-5-6-12-10(3)7-9(2)8-11(12)4/h5-8H,1H2,2-4H3. The molecule has 1 aromatic rings. The van der Waals surface area contributed by atoms with E-state index in [4.69, 9.17) is 0 Å². The van der Waals surface area contributed by atoms with Crippen LogP contribution in [0.2, 0.25) is 0 Å². The lowest BCUT2D eigenvalue weighted by molar-refractivity contribution is 1.30. The zero-order valence-corrected chi connectivity index (χ0v) is 8.02. The summed E-state index contributed by atoms with van der Waals surface area (Å²) in [5.74, 6) is 0. The molecule has 0 aliphatic carbocycles. The first kappa shape index (κ1) is 9.05. The van der Waals surface area contributed by atoms with Crippen molar-refractivity contribution < 1.29 is 0 Å². The van der Waals surface area contributed by atoms with Crippen LogP contribution >= 0.6 is 0 Å². The van der Waals surface area contributed by atoms with Crippen molar-refractivity contribution in [2.24, 2.45) is 0 Å². The molecule has 0 spiro atoms. The fraction of sp³-hybridized carbons (Fsp3) is 0.250. The van der Waals surface area contributed by atoms with E-state index in [9.17, 15) is 0 Å². The summed E-state index contributed by atoms with van der Waals surface area (Å²) in [5, 5.41) is 0. The molecular weight excluding hydrogens is 144 g/mol. The lowest BCUT2D eigenvalue weighted by Gasteiger charge is -2.06. The molecule has 0 heteroatoms. The van der Waals surface area contributed by atoms with Gasteiger partial charge in [0.05, 0.1) is 0 Å². The minimum Gasteiger partial charge on any atom is -0.0836 e. The highest BCUT2D eigenvalue weighted by Gasteiger charge is 1.98. The average molecular weight is 159 g/mol. The van der Waals surface area contributed by atoms with E-state index in [1.54, 1.807) is 0 Å². The van der Waals surface area contributed by atoms with Crippen molar-refractivity contribution >= 4 is 6.08 Å². The molecule has 0 N–H and O–H groups in total. The first-order chi connectivity index (χ1) is 5.65. The van der Waals surface area contributed by atoms with E-state index in [-0.39, 0.29) is 0 Å². The second kappa shape index (κ2) is 3.57. The Kier molecular flexibility index (Phi) is 2.69. The SMILES string of the molecule is [CH2]C=Cc1c(C)cc(C)cc1C. The van der Waals surface area contributed by atoms with Gasteiger partial charge in [0, 0.05) is 0 Å². The van der Waals surface area contributed by atoms with Crippen LogP contribution in [0.5, 0.6) is 0 Å². The zero-order chi connectivity index (χ0) is 9.14. The molecule has 0 unspecified atom stereocenters. The lowest BCUT2D eigenvalue weighted by Crippen LogP contribution is -1.87. The van der Waals surface area contributed by atoms with Gasteiger partial charge in [-0.15, -0.1) is 0 Å². The van der Waals surface area contributed by atoms with E-state index in [1.807, 2.05) is 6.08 Å². The van der Waals surface area contributed by atoms with Crippen molar-refractivity contribution in [1.82, 2.24) is 0 Å². The van der Waals surface area contributed by atoms with Gasteiger partial charge in [-0.1, -0.05) is 29.8 Å². The van der Waals surface area contributed by atoms with E-state index in [0.717, 1.165) is 0 Å². The topological polar surface area (TPSA) is 0 Å². The molecule has 0 heterocycles. The van der Waals surface area contributed by atoms with Crippen LogP contribution in [0.4, 0.5) is 0 Å². The lowest BCUT2D eigenvalue weighted by atomic mass is 10.00. The number of hydrogen-bond acceptors (Lipinski definition) is 0. The summed E-state index contributed by atoms with van der Waals surface area (Å²) in [6, 6.07) is 4.39. The molecule has 63 valence electrons. The average Bonchev–Trinajstić information content (AvgIpc) is 1.96. The first-order valence-corrected chi connectivity index (χ1v) is 4.18. The van der Waals surface area contributed by atoms with E-state index in [1.165, 1.54) is 22.3 Å². The number of rotatable bonds is 1. The molecule has 0 amide bonds.